The van der Waals surface area contributed by atoms with E-state index >= 15 is 0 Å². The number of carboxylic acid groups (broad SMARTS) is 2. The summed E-state index contributed by atoms with van der Waals surface area (Å²) < 4.78 is 13.5. The van der Waals surface area contributed by atoms with Crippen LogP contribution in [-0.2, 0) is 16.1 Å². The number of aliphatic carboxylic acids is 2. The van der Waals surface area contributed by atoms with Gasteiger partial charge in [-0.3, -0.25) is 9.59 Å². The van der Waals surface area contributed by atoms with Gasteiger partial charge >= 0.3 is 18.0 Å². The van der Waals surface area contributed by atoms with E-state index in [1.165, 1.54) is 25.2 Å². The van der Waals surface area contributed by atoms with E-state index in [2.05, 4.69) is 0 Å². The van der Waals surface area contributed by atoms with Gasteiger partial charge in [0.2, 0.25) is 0 Å². The summed E-state index contributed by atoms with van der Waals surface area (Å²) in [5.74, 6) is -3.16. The Morgan fingerprint density at radius 1 is 1.10 bits per heavy atom. The van der Waals surface area contributed by atoms with Crippen LogP contribution < -0.4 is 0 Å². The lowest BCUT2D eigenvalue weighted by Crippen LogP contribution is -2.45. The molecular formula is C13H15FN2O5. The van der Waals surface area contributed by atoms with Crippen LogP contribution in [0, 0.1) is 5.82 Å². The Labute approximate surface area is 120 Å². The van der Waals surface area contributed by atoms with Gasteiger partial charge in [0.05, 0.1) is 0 Å². The third-order valence-corrected chi connectivity index (χ3v) is 2.61. The molecule has 0 aliphatic rings. The van der Waals surface area contributed by atoms with Crippen LogP contribution in [0.3, 0.4) is 0 Å². The van der Waals surface area contributed by atoms with Gasteiger partial charge in [-0.25, -0.2) is 9.18 Å². The lowest BCUT2D eigenvalue weighted by molar-refractivity contribution is -0.140. The number of hydrogen-bond donors (Lipinski definition) is 2. The molecule has 0 bridgehead atoms. The zero-order valence-electron chi connectivity index (χ0n) is 11.3. The Kier molecular flexibility index (Phi) is 5.65. The number of carboxylic acids is 2. The summed E-state index contributed by atoms with van der Waals surface area (Å²) >= 11 is 0. The first-order chi connectivity index (χ1) is 9.81. The lowest BCUT2D eigenvalue weighted by atomic mass is 10.2. The molecule has 0 unspecified atom stereocenters. The summed E-state index contributed by atoms with van der Waals surface area (Å²) in [5.41, 5.74) is 0.249. The van der Waals surface area contributed by atoms with Crippen molar-refractivity contribution >= 4 is 18.0 Å². The topological polar surface area (TPSA) is 98.2 Å². The molecular weight excluding hydrogens is 283 g/mol. The average Bonchev–Trinajstić information content (AvgIpc) is 2.38. The monoisotopic (exact) mass is 298 g/mol. The molecule has 0 aromatic heterocycles. The van der Waals surface area contributed by atoms with Crippen molar-refractivity contribution in [2.24, 2.45) is 0 Å². The maximum absolute atomic E-state index is 13.5. The van der Waals surface area contributed by atoms with Crippen molar-refractivity contribution < 1.29 is 29.0 Å². The van der Waals surface area contributed by atoms with E-state index in [1.807, 2.05) is 0 Å². The highest BCUT2D eigenvalue weighted by Crippen LogP contribution is 2.10. The molecule has 2 N–H and O–H groups in total. The molecule has 1 aromatic carbocycles. The van der Waals surface area contributed by atoms with Gasteiger partial charge in [-0.05, 0) is 6.07 Å². The summed E-state index contributed by atoms with van der Waals surface area (Å²) in [6.07, 6.45) is 0. The Hall–Kier alpha value is -2.64. The first-order valence-electron chi connectivity index (χ1n) is 5.98. The molecule has 0 saturated carbocycles. The van der Waals surface area contributed by atoms with Crippen molar-refractivity contribution in [2.45, 2.75) is 6.54 Å². The van der Waals surface area contributed by atoms with E-state index in [4.69, 9.17) is 10.2 Å². The molecule has 0 aliphatic carbocycles. The number of carbonyl (C=O) groups excluding carboxylic acids is 1. The minimum Gasteiger partial charge on any atom is -0.480 e. The van der Waals surface area contributed by atoms with Crippen LogP contribution in [0.1, 0.15) is 5.56 Å². The highest BCUT2D eigenvalue weighted by atomic mass is 19.1. The van der Waals surface area contributed by atoms with Crippen molar-refractivity contribution in [3.8, 4) is 0 Å². The van der Waals surface area contributed by atoms with Crippen molar-refractivity contribution in [1.29, 1.82) is 0 Å². The van der Waals surface area contributed by atoms with Crippen LogP contribution in [0.5, 0.6) is 0 Å². The molecule has 1 rings (SSSR count). The predicted octanol–water partition coefficient (Wildman–Crippen LogP) is 0.849. The molecule has 0 atom stereocenters. The lowest BCUT2D eigenvalue weighted by Gasteiger charge is -2.25. The average molecular weight is 298 g/mol. The first kappa shape index (κ1) is 16.4. The van der Waals surface area contributed by atoms with Gasteiger partial charge in [0, 0.05) is 19.2 Å². The highest BCUT2D eigenvalue weighted by molar-refractivity contribution is 5.84. The van der Waals surface area contributed by atoms with Gasteiger partial charge in [-0.1, -0.05) is 18.2 Å². The summed E-state index contributed by atoms with van der Waals surface area (Å²) in [6, 6.07) is 5.02. The minimum atomic E-state index is -1.33. The van der Waals surface area contributed by atoms with E-state index < -0.39 is 36.9 Å². The number of benzene rings is 1. The molecule has 0 spiro atoms. The Bertz CT molecular complexity index is 533. The van der Waals surface area contributed by atoms with Gasteiger partial charge in [0.15, 0.2) is 0 Å². The number of rotatable bonds is 6. The summed E-state index contributed by atoms with van der Waals surface area (Å²) in [6.45, 7) is -1.58. The van der Waals surface area contributed by atoms with Gasteiger partial charge in [-0.2, -0.15) is 0 Å². The van der Waals surface area contributed by atoms with Crippen molar-refractivity contribution in [3.05, 3.63) is 35.6 Å². The number of carbonyl (C=O) groups is 3. The molecule has 2 amide bonds. The minimum absolute atomic E-state index is 0.0960. The van der Waals surface area contributed by atoms with Gasteiger partial charge in [0.1, 0.15) is 18.9 Å². The van der Waals surface area contributed by atoms with E-state index in [0.717, 1.165) is 4.90 Å². The van der Waals surface area contributed by atoms with Gasteiger partial charge in [0.25, 0.3) is 0 Å². The van der Waals surface area contributed by atoms with Crippen molar-refractivity contribution in [1.82, 2.24) is 9.80 Å². The van der Waals surface area contributed by atoms with Crippen LogP contribution >= 0.6 is 0 Å². The molecule has 8 heteroatoms. The number of amides is 2. The molecule has 0 fully saturated rings. The second-order valence-electron chi connectivity index (χ2n) is 4.37. The number of hydrogen-bond acceptors (Lipinski definition) is 3. The fraction of sp³-hybridized carbons (Fsp3) is 0.308. The highest BCUT2D eigenvalue weighted by Gasteiger charge is 2.23. The van der Waals surface area contributed by atoms with Gasteiger partial charge < -0.3 is 20.0 Å². The van der Waals surface area contributed by atoms with Crippen LogP contribution in [0.2, 0.25) is 0 Å². The largest absolute Gasteiger partial charge is 0.480 e. The summed E-state index contributed by atoms with van der Waals surface area (Å²) in [5, 5.41) is 17.4. The third kappa shape index (κ3) is 5.09. The fourth-order valence-corrected chi connectivity index (χ4v) is 1.71. The number of halogens is 1. The molecule has 1 aromatic rings. The first-order valence-corrected chi connectivity index (χ1v) is 5.98. The zero-order chi connectivity index (χ0) is 16.0. The summed E-state index contributed by atoms with van der Waals surface area (Å²) in [4.78, 5) is 35.1. The normalized spacial score (nSPS) is 10.0. The summed E-state index contributed by atoms with van der Waals surface area (Å²) in [7, 11) is 1.34. The molecule has 7 nitrogen and oxygen atoms in total. The van der Waals surface area contributed by atoms with E-state index in [9.17, 15) is 18.8 Å². The van der Waals surface area contributed by atoms with Crippen molar-refractivity contribution in [2.75, 3.05) is 20.1 Å². The van der Waals surface area contributed by atoms with Crippen LogP contribution in [-0.4, -0.2) is 58.1 Å². The Morgan fingerprint density at radius 2 is 1.62 bits per heavy atom. The van der Waals surface area contributed by atoms with Gasteiger partial charge in [-0.15, -0.1) is 0 Å². The fourth-order valence-electron chi connectivity index (χ4n) is 1.71. The molecule has 114 valence electrons. The maximum Gasteiger partial charge on any atom is 0.323 e. The SMILES string of the molecule is CN(Cc1ccccc1F)C(=O)N(CC(=O)O)CC(=O)O. The predicted molar refractivity (Wildman–Crippen MR) is 70.1 cm³/mol. The van der Waals surface area contributed by atoms with Crippen LogP contribution in [0.4, 0.5) is 9.18 Å². The molecule has 0 heterocycles. The zero-order valence-corrected chi connectivity index (χ0v) is 11.3. The van der Waals surface area contributed by atoms with E-state index in [-0.39, 0.29) is 12.1 Å². The van der Waals surface area contributed by atoms with E-state index in [1.54, 1.807) is 6.07 Å². The second kappa shape index (κ2) is 7.22. The standard InChI is InChI=1S/C13H15FN2O5/c1-15(6-9-4-2-3-5-10(9)14)13(21)16(7-11(17)18)8-12(19)20/h2-5H,6-8H2,1H3,(H,17,18)(H,19,20). The van der Waals surface area contributed by atoms with Crippen molar-refractivity contribution in [3.63, 3.8) is 0 Å². The number of nitrogens with zero attached hydrogens (tertiary/aromatic N) is 2. The third-order valence-electron chi connectivity index (χ3n) is 2.61. The van der Waals surface area contributed by atoms with E-state index in [0.29, 0.717) is 4.90 Å². The second-order valence-corrected chi connectivity index (χ2v) is 4.37. The molecule has 0 radical (unpaired) electrons. The Morgan fingerprint density at radius 3 is 2.10 bits per heavy atom. The van der Waals surface area contributed by atoms with Crippen LogP contribution in [0.25, 0.3) is 0 Å². The smallest absolute Gasteiger partial charge is 0.323 e. The Balaban J connectivity index is 2.80. The quantitative estimate of drug-likeness (QED) is 0.811. The molecule has 0 aliphatic heterocycles. The molecule has 21 heavy (non-hydrogen) atoms. The van der Waals surface area contributed by atoms with Crippen LogP contribution in [0.15, 0.2) is 24.3 Å². The molecule has 0 saturated heterocycles. The maximum atomic E-state index is 13.5. The number of urea groups is 1.